The van der Waals surface area contributed by atoms with Crippen molar-refractivity contribution in [1.82, 2.24) is 4.90 Å². The molecule has 0 spiro atoms. The van der Waals surface area contributed by atoms with Gasteiger partial charge < -0.3 is 0 Å². The second-order valence-electron chi connectivity index (χ2n) is 5.06. The van der Waals surface area contributed by atoms with Crippen LogP contribution in [0.25, 0.3) is 0 Å². The minimum atomic E-state index is -0.199. The molecule has 0 aliphatic heterocycles. The van der Waals surface area contributed by atoms with Gasteiger partial charge in [-0.2, -0.15) is 0 Å². The average molecular weight is 211 g/mol. The molecule has 0 N–H and O–H groups in total. The number of hydrogen-bond acceptors (Lipinski definition) is 2. The lowest BCUT2D eigenvalue weighted by Crippen LogP contribution is -2.51. The van der Waals surface area contributed by atoms with Crippen LogP contribution in [0.3, 0.4) is 0 Å². The van der Waals surface area contributed by atoms with Gasteiger partial charge >= 0.3 is 0 Å². The Morgan fingerprint density at radius 3 is 2.07 bits per heavy atom. The number of hydrogen-bond donors (Lipinski definition) is 0. The summed E-state index contributed by atoms with van der Waals surface area (Å²) < 4.78 is 0. The molecular formula is C13H25NO. The van der Waals surface area contributed by atoms with E-state index in [4.69, 9.17) is 0 Å². The fraction of sp³-hybridized carbons (Fsp3) is 0.923. The van der Waals surface area contributed by atoms with E-state index in [1.807, 2.05) is 14.1 Å². The monoisotopic (exact) mass is 211 g/mol. The van der Waals surface area contributed by atoms with Crippen LogP contribution in [0.5, 0.6) is 0 Å². The number of likely N-dealkylation sites (N-methyl/N-ethyl adjacent to an activating group) is 1. The average Bonchev–Trinajstić information content (AvgIpc) is 2.14. The van der Waals surface area contributed by atoms with Crippen molar-refractivity contribution in [3.8, 4) is 0 Å². The molecule has 0 radical (unpaired) electrons. The van der Waals surface area contributed by atoms with Crippen molar-refractivity contribution in [2.24, 2.45) is 5.92 Å². The number of Topliss-reactive ketones (excluding diaryl/α,β-unsaturated/α-hetero) is 1. The molecule has 0 aromatic heterocycles. The molecule has 0 heterocycles. The van der Waals surface area contributed by atoms with E-state index in [2.05, 4.69) is 18.7 Å². The Kier molecular flexibility index (Phi) is 4.32. The molecular weight excluding hydrogens is 186 g/mol. The zero-order valence-corrected chi connectivity index (χ0v) is 10.7. The quantitative estimate of drug-likeness (QED) is 0.673. The van der Waals surface area contributed by atoms with Gasteiger partial charge in [-0.05, 0) is 32.9 Å². The Morgan fingerprint density at radius 2 is 1.80 bits per heavy atom. The standard InChI is InChI=1S/C13H25NO/c1-5-13(6-2,14(3)4)12(15)10-11-8-7-9-11/h11H,5-10H2,1-4H3. The maximum absolute atomic E-state index is 12.3. The topological polar surface area (TPSA) is 20.3 Å². The van der Waals surface area contributed by atoms with E-state index in [0.717, 1.165) is 19.3 Å². The molecule has 0 aromatic carbocycles. The smallest absolute Gasteiger partial charge is 0.153 e. The first-order chi connectivity index (χ1) is 7.06. The van der Waals surface area contributed by atoms with Gasteiger partial charge in [0, 0.05) is 6.42 Å². The summed E-state index contributed by atoms with van der Waals surface area (Å²) in [6, 6.07) is 0. The summed E-state index contributed by atoms with van der Waals surface area (Å²) in [5, 5.41) is 0. The normalized spacial score (nSPS) is 17.9. The van der Waals surface area contributed by atoms with E-state index in [1.165, 1.54) is 19.3 Å². The minimum absolute atomic E-state index is 0.199. The van der Waals surface area contributed by atoms with Crippen LogP contribution in [0, 0.1) is 5.92 Å². The maximum atomic E-state index is 12.3. The molecule has 0 bridgehead atoms. The first kappa shape index (κ1) is 12.7. The van der Waals surface area contributed by atoms with Gasteiger partial charge in [-0.1, -0.05) is 33.1 Å². The molecule has 0 unspecified atom stereocenters. The summed E-state index contributed by atoms with van der Waals surface area (Å²) in [6.45, 7) is 4.25. The van der Waals surface area contributed by atoms with Crippen LogP contribution in [-0.4, -0.2) is 30.3 Å². The number of nitrogens with zero attached hydrogens (tertiary/aromatic N) is 1. The Hall–Kier alpha value is -0.370. The first-order valence-electron chi connectivity index (χ1n) is 6.27. The number of carbonyl (C=O) groups is 1. The lowest BCUT2D eigenvalue weighted by Gasteiger charge is -2.39. The number of rotatable bonds is 6. The Balaban J connectivity index is 2.64. The highest BCUT2D eigenvalue weighted by Gasteiger charge is 2.38. The van der Waals surface area contributed by atoms with E-state index >= 15 is 0 Å². The van der Waals surface area contributed by atoms with Crippen molar-refractivity contribution in [1.29, 1.82) is 0 Å². The second-order valence-corrected chi connectivity index (χ2v) is 5.06. The summed E-state index contributed by atoms with van der Waals surface area (Å²) in [4.78, 5) is 14.4. The van der Waals surface area contributed by atoms with Crippen molar-refractivity contribution in [3.05, 3.63) is 0 Å². The fourth-order valence-electron chi connectivity index (χ4n) is 2.68. The molecule has 88 valence electrons. The van der Waals surface area contributed by atoms with Crippen LogP contribution in [0.15, 0.2) is 0 Å². The summed E-state index contributed by atoms with van der Waals surface area (Å²) in [5.41, 5.74) is -0.199. The van der Waals surface area contributed by atoms with Gasteiger partial charge in [0.1, 0.15) is 0 Å². The molecule has 1 saturated carbocycles. The minimum Gasteiger partial charge on any atom is -0.298 e. The van der Waals surface area contributed by atoms with Gasteiger partial charge in [-0.3, -0.25) is 9.69 Å². The van der Waals surface area contributed by atoms with Crippen molar-refractivity contribution in [2.45, 2.75) is 57.9 Å². The predicted molar refractivity (Wildman–Crippen MR) is 64.0 cm³/mol. The van der Waals surface area contributed by atoms with Gasteiger partial charge in [-0.25, -0.2) is 0 Å². The predicted octanol–water partition coefficient (Wildman–Crippen LogP) is 2.87. The molecule has 15 heavy (non-hydrogen) atoms. The molecule has 1 fully saturated rings. The highest BCUT2D eigenvalue weighted by molar-refractivity contribution is 5.88. The van der Waals surface area contributed by atoms with Crippen molar-refractivity contribution < 1.29 is 4.79 Å². The third kappa shape index (κ3) is 2.41. The van der Waals surface area contributed by atoms with Gasteiger partial charge in [0.25, 0.3) is 0 Å². The Bertz CT molecular complexity index is 215. The third-order valence-corrected chi connectivity index (χ3v) is 4.24. The lowest BCUT2D eigenvalue weighted by molar-refractivity contribution is -0.132. The van der Waals surface area contributed by atoms with Gasteiger partial charge in [-0.15, -0.1) is 0 Å². The van der Waals surface area contributed by atoms with Crippen LogP contribution < -0.4 is 0 Å². The Labute approximate surface area is 94.0 Å². The molecule has 2 nitrogen and oxygen atoms in total. The molecule has 0 amide bonds. The molecule has 0 atom stereocenters. The first-order valence-corrected chi connectivity index (χ1v) is 6.27. The molecule has 2 heteroatoms. The van der Waals surface area contributed by atoms with Crippen LogP contribution in [0.4, 0.5) is 0 Å². The molecule has 1 aliphatic rings. The zero-order chi connectivity index (χ0) is 11.5. The van der Waals surface area contributed by atoms with Gasteiger partial charge in [0.05, 0.1) is 5.54 Å². The van der Waals surface area contributed by atoms with E-state index in [9.17, 15) is 4.79 Å². The zero-order valence-electron chi connectivity index (χ0n) is 10.7. The van der Waals surface area contributed by atoms with Crippen LogP contribution in [0.1, 0.15) is 52.4 Å². The summed E-state index contributed by atoms with van der Waals surface area (Å²) in [6.07, 6.45) is 6.53. The highest BCUT2D eigenvalue weighted by Crippen LogP contribution is 2.33. The van der Waals surface area contributed by atoms with Crippen molar-refractivity contribution in [3.63, 3.8) is 0 Å². The summed E-state index contributed by atoms with van der Waals surface area (Å²) in [7, 11) is 4.07. The summed E-state index contributed by atoms with van der Waals surface area (Å²) >= 11 is 0. The van der Waals surface area contributed by atoms with Gasteiger partial charge in [0.2, 0.25) is 0 Å². The SMILES string of the molecule is CCC(CC)(C(=O)CC1CCC1)N(C)C. The summed E-state index contributed by atoms with van der Waals surface area (Å²) in [5.74, 6) is 1.15. The van der Waals surface area contributed by atoms with Crippen molar-refractivity contribution >= 4 is 5.78 Å². The largest absolute Gasteiger partial charge is 0.298 e. The molecule has 0 saturated heterocycles. The number of ketones is 1. The van der Waals surface area contributed by atoms with Gasteiger partial charge in [0.15, 0.2) is 5.78 Å². The van der Waals surface area contributed by atoms with E-state index in [-0.39, 0.29) is 5.54 Å². The Morgan fingerprint density at radius 1 is 1.27 bits per heavy atom. The van der Waals surface area contributed by atoms with Crippen LogP contribution >= 0.6 is 0 Å². The third-order valence-electron chi connectivity index (χ3n) is 4.24. The maximum Gasteiger partial charge on any atom is 0.153 e. The number of carbonyl (C=O) groups excluding carboxylic acids is 1. The van der Waals surface area contributed by atoms with Crippen LogP contribution in [-0.2, 0) is 4.79 Å². The lowest BCUT2D eigenvalue weighted by atomic mass is 9.76. The van der Waals surface area contributed by atoms with E-state index in [1.54, 1.807) is 0 Å². The fourth-order valence-corrected chi connectivity index (χ4v) is 2.68. The highest BCUT2D eigenvalue weighted by atomic mass is 16.1. The molecule has 1 rings (SSSR count). The molecule has 0 aromatic rings. The van der Waals surface area contributed by atoms with E-state index in [0.29, 0.717) is 11.7 Å². The van der Waals surface area contributed by atoms with Crippen LogP contribution in [0.2, 0.25) is 0 Å². The van der Waals surface area contributed by atoms with E-state index < -0.39 is 0 Å². The second kappa shape index (κ2) is 5.11. The molecule has 1 aliphatic carbocycles. The van der Waals surface area contributed by atoms with Crippen molar-refractivity contribution in [2.75, 3.05) is 14.1 Å².